The summed E-state index contributed by atoms with van der Waals surface area (Å²) in [5.41, 5.74) is 14.8. The number of nitrogens with two attached hydrogens (primary N) is 3. The zero-order valence-electron chi connectivity index (χ0n) is 22.8. The number of carbonyl (C=O) groups is 4. The molecule has 33 heavy (non-hydrogen) atoms. The van der Waals surface area contributed by atoms with Crippen LogP contribution in [0.3, 0.4) is 0 Å². The van der Waals surface area contributed by atoms with Crippen molar-refractivity contribution in [3.8, 4) is 0 Å². The molecule has 1 fully saturated rings. The zero-order valence-corrected chi connectivity index (χ0v) is 22.8. The van der Waals surface area contributed by atoms with Crippen molar-refractivity contribution in [3.63, 3.8) is 0 Å². The van der Waals surface area contributed by atoms with E-state index in [0.29, 0.717) is 5.92 Å². The van der Waals surface area contributed by atoms with E-state index in [-0.39, 0.29) is 29.1 Å². The molecule has 7 N–H and O–H groups in total. The van der Waals surface area contributed by atoms with Crippen LogP contribution in [0.15, 0.2) is 0 Å². The maximum Gasteiger partial charge on any atom is 0.285 e. The Morgan fingerprint density at radius 1 is 1.06 bits per heavy atom. The molecule has 2 atom stereocenters. The molecule has 8 nitrogen and oxygen atoms in total. The first-order chi connectivity index (χ1) is 15.3. The number of nitrogens with one attached hydrogen (secondary N) is 1. The Hall–Kier alpha value is -1.80. The van der Waals surface area contributed by atoms with Crippen molar-refractivity contribution in [1.82, 2.24) is 5.32 Å². The van der Waals surface area contributed by atoms with E-state index in [9.17, 15) is 19.2 Å². The Balaban J connectivity index is -0.000000206. The molecule has 198 valence electrons. The minimum Gasteiger partial charge on any atom is -0.370 e. The van der Waals surface area contributed by atoms with Crippen LogP contribution in [-0.4, -0.2) is 43.5 Å². The Morgan fingerprint density at radius 3 is 1.73 bits per heavy atom. The number of ketones is 1. The maximum absolute atomic E-state index is 11.6. The van der Waals surface area contributed by atoms with Gasteiger partial charge in [-0.05, 0) is 44.2 Å². The number of rotatable bonds is 10. The van der Waals surface area contributed by atoms with Crippen LogP contribution in [0.1, 0.15) is 100 Å². The quantitative estimate of drug-likeness (QED) is 0.216. The highest BCUT2D eigenvalue weighted by Crippen LogP contribution is 2.36. The van der Waals surface area contributed by atoms with Gasteiger partial charge in [-0.15, -0.1) is 0 Å². The highest BCUT2D eigenvalue weighted by molar-refractivity contribution is 6.36. The van der Waals surface area contributed by atoms with Crippen LogP contribution >= 0.6 is 0 Å². The van der Waals surface area contributed by atoms with Crippen LogP contribution in [0.25, 0.3) is 0 Å². The number of hydrogen-bond acceptors (Lipinski definition) is 6. The number of primary amides is 2. The lowest BCUT2D eigenvalue weighted by Gasteiger charge is -2.20. The molecular formula is C25H54N4O4. The lowest BCUT2D eigenvalue weighted by molar-refractivity contribution is -0.138. The standard InChI is InChI=1S/C12H22N2O2.C6H13NO.C3H8.C2H5NO.C2H6/c1-14-7-3-2-4-10(8-9-5-6-9)11(15)12(13)16;1-6(2,3)5(7)4-8;1-3-2;1-2(3)4;1-2/h9-10,14H,2-8H2,1H3,(H2,13,16);4-5H,7H2,1-3H3;3H2,1-2H3;1H3,(H2,3,4);1-2H3. The van der Waals surface area contributed by atoms with Gasteiger partial charge in [0.1, 0.15) is 6.29 Å². The number of amides is 2. The molecule has 8 heteroatoms. The third-order valence-corrected chi connectivity index (χ3v) is 4.30. The molecule has 0 aromatic rings. The normalized spacial score (nSPS) is 13.5. The van der Waals surface area contributed by atoms with Gasteiger partial charge in [-0.2, -0.15) is 0 Å². The van der Waals surface area contributed by atoms with Gasteiger partial charge in [0.25, 0.3) is 5.91 Å². The molecule has 0 radical (unpaired) electrons. The molecular weight excluding hydrogens is 420 g/mol. The van der Waals surface area contributed by atoms with E-state index in [1.54, 1.807) is 0 Å². The molecule has 0 aliphatic heterocycles. The average Bonchev–Trinajstić information content (AvgIpc) is 3.54. The SMILES string of the molecule is CC.CC(C)(C)C(N)C=O.CC(N)=O.CCC.CNCCCCC(CC1CC1)C(=O)C(N)=O. The van der Waals surface area contributed by atoms with Crippen LogP contribution in [0.2, 0.25) is 0 Å². The van der Waals surface area contributed by atoms with Crippen molar-refractivity contribution >= 4 is 23.9 Å². The van der Waals surface area contributed by atoms with Gasteiger partial charge in [0.05, 0.1) is 6.04 Å². The first kappa shape index (κ1) is 38.5. The molecule has 2 unspecified atom stereocenters. The molecule has 1 rings (SSSR count). The summed E-state index contributed by atoms with van der Waals surface area (Å²) in [7, 11) is 1.91. The summed E-state index contributed by atoms with van der Waals surface area (Å²) in [5.74, 6) is -0.921. The van der Waals surface area contributed by atoms with E-state index in [1.165, 1.54) is 26.2 Å². The van der Waals surface area contributed by atoms with Crippen molar-refractivity contribution in [2.45, 2.75) is 106 Å². The third-order valence-electron chi connectivity index (χ3n) is 4.30. The van der Waals surface area contributed by atoms with E-state index in [0.717, 1.165) is 38.5 Å². The highest BCUT2D eigenvalue weighted by Gasteiger charge is 2.30. The van der Waals surface area contributed by atoms with Crippen LogP contribution < -0.4 is 22.5 Å². The summed E-state index contributed by atoms with van der Waals surface area (Å²) in [5, 5.41) is 3.07. The van der Waals surface area contributed by atoms with Gasteiger partial charge in [-0.1, -0.05) is 74.1 Å². The topological polar surface area (TPSA) is 158 Å². The van der Waals surface area contributed by atoms with Crippen LogP contribution in [0, 0.1) is 17.3 Å². The maximum atomic E-state index is 11.6. The van der Waals surface area contributed by atoms with Crippen molar-refractivity contribution in [1.29, 1.82) is 0 Å². The van der Waals surface area contributed by atoms with Gasteiger partial charge in [-0.3, -0.25) is 14.4 Å². The Kier molecular flexibility index (Phi) is 28.9. The fraction of sp³-hybridized carbons (Fsp3) is 0.840. The summed E-state index contributed by atoms with van der Waals surface area (Å²) >= 11 is 0. The van der Waals surface area contributed by atoms with Gasteiger partial charge in [0.15, 0.2) is 0 Å². The fourth-order valence-electron chi connectivity index (χ4n) is 2.21. The summed E-state index contributed by atoms with van der Waals surface area (Å²) in [4.78, 5) is 41.7. The minimum absolute atomic E-state index is 0.0816. The summed E-state index contributed by atoms with van der Waals surface area (Å²) in [6.07, 6.45) is 8.14. The Bertz CT molecular complexity index is 497. The molecule has 1 aliphatic rings. The van der Waals surface area contributed by atoms with Gasteiger partial charge in [-0.25, -0.2) is 0 Å². The second kappa shape index (κ2) is 24.8. The van der Waals surface area contributed by atoms with E-state index < -0.39 is 5.91 Å². The minimum atomic E-state index is -0.765. The third kappa shape index (κ3) is 32.5. The first-order valence-electron chi connectivity index (χ1n) is 12.2. The second-order valence-corrected chi connectivity index (χ2v) is 9.05. The van der Waals surface area contributed by atoms with E-state index in [1.807, 2.05) is 41.7 Å². The molecule has 1 saturated carbocycles. The number of hydrogen-bond donors (Lipinski definition) is 4. The van der Waals surface area contributed by atoms with Crippen LogP contribution in [0.4, 0.5) is 0 Å². The summed E-state index contributed by atoms with van der Waals surface area (Å²) < 4.78 is 0. The number of aldehydes is 1. The zero-order chi connectivity index (χ0) is 27.0. The lowest BCUT2D eigenvalue weighted by atomic mass is 9.89. The number of Topliss-reactive ketones (excluding diaryl/α,β-unsaturated/α-hetero) is 1. The van der Waals surface area contributed by atoms with Gasteiger partial charge < -0.3 is 27.3 Å². The predicted molar refractivity (Wildman–Crippen MR) is 138 cm³/mol. The Morgan fingerprint density at radius 2 is 1.48 bits per heavy atom. The van der Waals surface area contributed by atoms with Gasteiger partial charge in [0.2, 0.25) is 11.7 Å². The molecule has 0 bridgehead atoms. The lowest BCUT2D eigenvalue weighted by Crippen LogP contribution is -2.36. The predicted octanol–water partition coefficient (Wildman–Crippen LogP) is 3.34. The van der Waals surface area contributed by atoms with Crippen LogP contribution in [-0.2, 0) is 19.2 Å². The molecule has 0 aromatic carbocycles. The smallest absolute Gasteiger partial charge is 0.285 e. The van der Waals surface area contributed by atoms with Crippen molar-refractivity contribution in [3.05, 3.63) is 0 Å². The van der Waals surface area contributed by atoms with Gasteiger partial charge in [0, 0.05) is 12.8 Å². The fourth-order valence-corrected chi connectivity index (χ4v) is 2.21. The number of carbonyl (C=O) groups excluding carboxylic acids is 4. The van der Waals surface area contributed by atoms with Crippen LogP contribution in [0.5, 0.6) is 0 Å². The highest BCUT2D eigenvalue weighted by atomic mass is 16.2. The molecule has 0 saturated heterocycles. The first-order valence-corrected chi connectivity index (χ1v) is 12.2. The van der Waals surface area contributed by atoms with E-state index in [4.69, 9.17) is 11.5 Å². The molecule has 0 heterocycles. The monoisotopic (exact) mass is 474 g/mol. The molecule has 0 spiro atoms. The molecule has 1 aliphatic carbocycles. The summed E-state index contributed by atoms with van der Waals surface area (Å²) in [6, 6.07) is -0.331. The Labute approximate surface area is 203 Å². The molecule has 2 amide bonds. The van der Waals surface area contributed by atoms with Gasteiger partial charge >= 0.3 is 0 Å². The van der Waals surface area contributed by atoms with Crippen molar-refractivity contribution in [2.75, 3.05) is 13.6 Å². The average molecular weight is 475 g/mol. The summed E-state index contributed by atoms with van der Waals surface area (Å²) in [6.45, 7) is 16.3. The molecule has 0 aromatic heterocycles. The second-order valence-electron chi connectivity index (χ2n) is 9.05. The largest absolute Gasteiger partial charge is 0.370 e. The van der Waals surface area contributed by atoms with Crippen molar-refractivity contribution in [2.24, 2.45) is 34.5 Å². The van der Waals surface area contributed by atoms with E-state index >= 15 is 0 Å². The van der Waals surface area contributed by atoms with E-state index in [2.05, 4.69) is 24.9 Å². The van der Waals surface area contributed by atoms with Crippen molar-refractivity contribution < 1.29 is 19.2 Å². The number of unbranched alkanes of at least 4 members (excludes halogenated alkanes) is 1.